The van der Waals surface area contributed by atoms with Crippen LogP contribution in [0.2, 0.25) is 5.02 Å². The van der Waals surface area contributed by atoms with E-state index in [1.165, 1.54) is 0 Å². The Morgan fingerprint density at radius 1 is 1.25 bits per heavy atom. The van der Waals surface area contributed by atoms with Gasteiger partial charge in [-0.15, -0.1) is 0 Å². The van der Waals surface area contributed by atoms with Gasteiger partial charge in [-0.05, 0) is 42.8 Å². The quantitative estimate of drug-likeness (QED) is 0.852. The van der Waals surface area contributed by atoms with Gasteiger partial charge >= 0.3 is 0 Å². The topological polar surface area (TPSA) is 41.1 Å². The third-order valence-electron chi connectivity index (χ3n) is 2.82. The number of benzene rings is 2. The van der Waals surface area contributed by atoms with Crippen molar-refractivity contribution < 1.29 is 4.79 Å². The summed E-state index contributed by atoms with van der Waals surface area (Å²) in [5.41, 5.74) is 2.69. The summed E-state index contributed by atoms with van der Waals surface area (Å²) in [5.74, 6) is -0.119. The molecular formula is C15H14BrClN2O. The van der Waals surface area contributed by atoms with E-state index in [9.17, 15) is 4.79 Å². The van der Waals surface area contributed by atoms with E-state index in [4.69, 9.17) is 11.6 Å². The van der Waals surface area contributed by atoms with Crippen molar-refractivity contribution in [3.8, 4) is 0 Å². The molecule has 1 amide bonds. The lowest BCUT2D eigenvalue weighted by atomic mass is 10.2. The number of hydrogen-bond donors (Lipinski definition) is 2. The summed E-state index contributed by atoms with van der Waals surface area (Å²) in [7, 11) is 0. The SMILES string of the molecule is Cc1c(Br)cccc1NCC(=O)Nc1cccc(Cl)c1. The van der Waals surface area contributed by atoms with Crippen LogP contribution in [-0.2, 0) is 4.79 Å². The van der Waals surface area contributed by atoms with Crippen molar-refractivity contribution >= 4 is 44.8 Å². The van der Waals surface area contributed by atoms with E-state index < -0.39 is 0 Å². The molecule has 0 aliphatic heterocycles. The minimum atomic E-state index is -0.119. The van der Waals surface area contributed by atoms with Gasteiger partial charge in [0.15, 0.2) is 0 Å². The fourth-order valence-electron chi connectivity index (χ4n) is 1.75. The van der Waals surface area contributed by atoms with Gasteiger partial charge in [0.2, 0.25) is 5.91 Å². The first-order chi connectivity index (χ1) is 9.56. The minimum absolute atomic E-state index is 0.119. The van der Waals surface area contributed by atoms with Gasteiger partial charge in [0.1, 0.15) is 0 Å². The third kappa shape index (κ3) is 3.99. The number of hydrogen-bond acceptors (Lipinski definition) is 2. The molecule has 2 aromatic rings. The molecule has 2 N–H and O–H groups in total. The fraction of sp³-hybridized carbons (Fsp3) is 0.133. The van der Waals surface area contributed by atoms with Crippen molar-refractivity contribution in [2.75, 3.05) is 17.2 Å². The lowest BCUT2D eigenvalue weighted by Gasteiger charge is -2.11. The fourth-order valence-corrected chi connectivity index (χ4v) is 2.30. The average molecular weight is 354 g/mol. The number of rotatable bonds is 4. The van der Waals surface area contributed by atoms with Gasteiger partial charge in [0.25, 0.3) is 0 Å². The molecule has 0 aromatic heterocycles. The van der Waals surface area contributed by atoms with Crippen LogP contribution in [0.15, 0.2) is 46.9 Å². The molecule has 3 nitrogen and oxygen atoms in total. The molecule has 0 saturated carbocycles. The maximum Gasteiger partial charge on any atom is 0.243 e. The van der Waals surface area contributed by atoms with Crippen molar-refractivity contribution in [3.63, 3.8) is 0 Å². The molecule has 0 aliphatic carbocycles. The van der Waals surface area contributed by atoms with E-state index >= 15 is 0 Å². The number of amides is 1. The predicted octanol–water partition coefficient (Wildman–Crippen LogP) is 4.46. The van der Waals surface area contributed by atoms with E-state index in [0.717, 1.165) is 15.7 Å². The summed E-state index contributed by atoms with van der Waals surface area (Å²) in [6, 6.07) is 12.9. The summed E-state index contributed by atoms with van der Waals surface area (Å²) in [6.07, 6.45) is 0. The number of anilines is 2. The molecule has 104 valence electrons. The zero-order valence-corrected chi connectivity index (χ0v) is 13.3. The molecule has 20 heavy (non-hydrogen) atoms. The molecule has 2 rings (SSSR count). The number of carbonyl (C=O) groups is 1. The number of halogens is 2. The van der Waals surface area contributed by atoms with Crippen LogP contribution in [-0.4, -0.2) is 12.5 Å². The molecule has 0 atom stereocenters. The van der Waals surface area contributed by atoms with Crippen LogP contribution >= 0.6 is 27.5 Å². The van der Waals surface area contributed by atoms with Gasteiger partial charge in [0, 0.05) is 20.9 Å². The Balaban J connectivity index is 1.94. The van der Waals surface area contributed by atoms with Crippen molar-refractivity contribution in [2.45, 2.75) is 6.92 Å². The first-order valence-electron chi connectivity index (χ1n) is 6.10. The third-order valence-corrected chi connectivity index (χ3v) is 3.91. The number of nitrogens with one attached hydrogen (secondary N) is 2. The van der Waals surface area contributed by atoms with Crippen molar-refractivity contribution in [1.82, 2.24) is 0 Å². The van der Waals surface area contributed by atoms with Gasteiger partial charge < -0.3 is 10.6 Å². The number of carbonyl (C=O) groups excluding carboxylic acids is 1. The van der Waals surface area contributed by atoms with Crippen molar-refractivity contribution in [3.05, 3.63) is 57.5 Å². The maximum absolute atomic E-state index is 11.9. The Morgan fingerprint density at radius 3 is 2.75 bits per heavy atom. The summed E-state index contributed by atoms with van der Waals surface area (Å²) in [6.45, 7) is 2.19. The second-order valence-corrected chi connectivity index (χ2v) is 5.62. The largest absolute Gasteiger partial charge is 0.376 e. The highest BCUT2D eigenvalue weighted by molar-refractivity contribution is 9.10. The van der Waals surface area contributed by atoms with Crippen LogP contribution in [0, 0.1) is 6.92 Å². The first-order valence-corrected chi connectivity index (χ1v) is 7.28. The van der Waals surface area contributed by atoms with E-state index in [0.29, 0.717) is 10.7 Å². The standard InChI is InChI=1S/C15H14BrClN2O/c1-10-13(16)6-3-7-14(10)18-9-15(20)19-12-5-2-4-11(17)8-12/h2-8,18H,9H2,1H3,(H,19,20). The molecule has 2 aromatic carbocycles. The Kier molecular flexibility index (Phi) is 5.04. The monoisotopic (exact) mass is 352 g/mol. The zero-order valence-electron chi connectivity index (χ0n) is 10.9. The minimum Gasteiger partial charge on any atom is -0.376 e. The summed E-state index contributed by atoms with van der Waals surface area (Å²) in [4.78, 5) is 11.9. The van der Waals surface area contributed by atoms with E-state index in [1.807, 2.05) is 25.1 Å². The van der Waals surface area contributed by atoms with Gasteiger partial charge in [-0.2, -0.15) is 0 Å². The molecule has 0 spiro atoms. The molecular weight excluding hydrogens is 340 g/mol. The predicted molar refractivity (Wildman–Crippen MR) is 87.5 cm³/mol. The molecule has 0 unspecified atom stereocenters. The smallest absolute Gasteiger partial charge is 0.243 e. The van der Waals surface area contributed by atoms with Gasteiger partial charge in [-0.1, -0.05) is 39.7 Å². The second-order valence-electron chi connectivity index (χ2n) is 4.32. The molecule has 5 heteroatoms. The molecule has 0 bridgehead atoms. The van der Waals surface area contributed by atoms with Gasteiger partial charge in [-0.3, -0.25) is 4.79 Å². The van der Waals surface area contributed by atoms with Crippen LogP contribution in [0.1, 0.15) is 5.56 Å². The Bertz CT molecular complexity index is 631. The molecule has 0 fully saturated rings. The first kappa shape index (κ1) is 14.9. The summed E-state index contributed by atoms with van der Waals surface area (Å²) >= 11 is 9.33. The Morgan fingerprint density at radius 2 is 2.00 bits per heavy atom. The van der Waals surface area contributed by atoms with E-state index in [1.54, 1.807) is 24.3 Å². The van der Waals surface area contributed by atoms with Gasteiger partial charge in [-0.25, -0.2) is 0 Å². The highest BCUT2D eigenvalue weighted by Gasteiger charge is 2.05. The Labute approximate surface area is 131 Å². The molecule has 0 heterocycles. The lowest BCUT2D eigenvalue weighted by Crippen LogP contribution is -2.22. The van der Waals surface area contributed by atoms with Crippen molar-refractivity contribution in [2.24, 2.45) is 0 Å². The average Bonchev–Trinajstić information content (AvgIpc) is 2.40. The summed E-state index contributed by atoms with van der Waals surface area (Å²) in [5, 5.41) is 6.50. The summed E-state index contributed by atoms with van der Waals surface area (Å²) < 4.78 is 1.01. The molecule has 0 aliphatic rings. The highest BCUT2D eigenvalue weighted by Crippen LogP contribution is 2.23. The lowest BCUT2D eigenvalue weighted by molar-refractivity contribution is -0.114. The molecule has 0 saturated heterocycles. The Hall–Kier alpha value is -1.52. The maximum atomic E-state index is 11.9. The van der Waals surface area contributed by atoms with E-state index in [2.05, 4.69) is 26.6 Å². The van der Waals surface area contributed by atoms with Crippen LogP contribution < -0.4 is 10.6 Å². The van der Waals surface area contributed by atoms with Crippen LogP contribution in [0.3, 0.4) is 0 Å². The van der Waals surface area contributed by atoms with E-state index in [-0.39, 0.29) is 12.5 Å². The molecule has 0 radical (unpaired) electrons. The second kappa shape index (κ2) is 6.77. The van der Waals surface area contributed by atoms with Crippen molar-refractivity contribution in [1.29, 1.82) is 0 Å². The van der Waals surface area contributed by atoms with Gasteiger partial charge in [0.05, 0.1) is 6.54 Å². The zero-order chi connectivity index (χ0) is 14.5. The highest BCUT2D eigenvalue weighted by atomic mass is 79.9. The van der Waals surface area contributed by atoms with Crippen LogP contribution in [0.4, 0.5) is 11.4 Å². The van der Waals surface area contributed by atoms with Crippen LogP contribution in [0.25, 0.3) is 0 Å². The van der Waals surface area contributed by atoms with Crippen LogP contribution in [0.5, 0.6) is 0 Å². The normalized spacial score (nSPS) is 10.2.